The maximum absolute atomic E-state index is 11.4. The predicted molar refractivity (Wildman–Crippen MR) is 69.1 cm³/mol. The van der Waals surface area contributed by atoms with Gasteiger partial charge in [0.1, 0.15) is 0 Å². The number of rotatable bonds is 4. The fraction of sp³-hybridized carbons (Fsp3) is 0.308. The Balaban J connectivity index is 2.46. The van der Waals surface area contributed by atoms with E-state index in [0.717, 1.165) is 29.4 Å². The monoisotopic (exact) mass is 231 g/mol. The molecule has 0 saturated heterocycles. The number of aromatic nitrogens is 1. The zero-order valence-electron chi connectivity index (χ0n) is 10.2. The Labute approximate surface area is 100 Å². The fourth-order valence-electron chi connectivity index (χ4n) is 2.00. The molecule has 0 radical (unpaired) electrons. The van der Waals surface area contributed by atoms with Gasteiger partial charge in [0.2, 0.25) is 5.91 Å². The van der Waals surface area contributed by atoms with E-state index in [1.807, 2.05) is 32.4 Å². The number of H-pyrrole nitrogens is 1. The molecule has 0 fully saturated rings. The van der Waals surface area contributed by atoms with E-state index in [1.54, 1.807) is 6.07 Å². The van der Waals surface area contributed by atoms with Crippen LogP contribution in [0.1, 0.15) is 15.9 Å². The molecule has 1 aromatic heterocycles. The molecule has 3 N–H and O–H groups in total. The number of hydrogen-bond acceptors (Lipinski definition) is 2. The van der Waals surface area contributed by atoms with Crippen molar-refractivity contribution in [1.82, 2.24) is 9.88 Å². The Bertz CT molecular complexity index is 543. The van der Waals surface area contributed by atoms with Crippen molar-refractivity contribution in [2.45, 2.75) is 6.42 Å². The normalized spacial score (nSPS) is 11.2. The number of likely N-dealkylation sites (N-methyl/N-ethyl adjacent to an activating group) is 1. The van der Waals surface area contributed by atoms with Crippen LogP contribution < -0.4 is 5.73 Å². The van der Waals surface area contributed by atoms with Gasteiger partial charge < -0.3 is 15.6 Å². The highest BCUT2D eigenvalue weighted by Crippen LogP contribution is 2.22. The van der Waals surface area contributed by atoms with Crippen LogP contribution in [0.4, 0.5) is 0 Å². The van der Waals surface area contributed by atoms with Crippen molar-refractivity contribution in [1.29, 1.82) is 0 Å². The SMILES string of the molecule is CN(C)CCc1c[nH]c2cccc(C(N)=O)c12. The Kier molecular flexibility index (Phi) is 3.15. The summed E-state index contributed by atoms with van der Waals surface area (Å²) < 4.78 is 0. The Morgan fingerprint density at radius 2 is 2.18 bits per heavy atom. The van der Waals surface area contributed by atoms with Gasteiger partial charge in [-0.25, -0.2) is 0 Å². The first-order valence-electron chi connectivity index (χ1n) is 5.63. The average Bonchev–Trinajstić information content (AvgIpc) is 2.69. The second kappa shape index (κ2) is 4.59. The maximum atomic E-state index is 11.4. The molecule has 1 amide bonds. The molecule has 4 heteroatoms. The lowest BCUT2D eigenvalue weighted by Crippen LogP contribution is -2.15. The first-order valence-corrected chi connectivity index (χ1v) is 5.63. The largest absolute Gasteiger partial charge is 0.366 e. The van der Waals surface area contributed by atoms with Crippen LogP contribution in [0.5, 0.6) is 0 Å². The lowest BCUT2D eigenvalue weighted by atomic mass is 10.0. The summed E-state index contributed by atoms with van der Waals surface area (Å²) in [5.41, 5.74) is 8.10. The highest BCUT2D eigenvalue weighted by atomic mass is 16.1. The summed E-state index contributed by atoms with van der Waals surface area (Å²) in [6, 6.07) is 5.58. The van der Waals surface area contributed by atoms with E-state index in [0.29, 0.717) is 5.56 Å². The molecule has 4 nitrogen and oxygen atoms in total. The number of fused-ring (bicyclic) bond motifs is 1. The van der Waals surface area contributed by atoms with Gasteiger partial charge in [-0.2, -0.15) is 0 Å². The zero-order chi connectivity index (χ0) is 12.4. The second-order valence-corrected chi connectivity index (χ2v) is 4.46. The first kappa shape index (κ1) is 11.7. The molecule has 0 bridgehead atoms. The molecule has 1 aromatic carbocycles. The number of nitrogens with one attached hydrogen (secondary N) is 1. The standard InChI is InChI=1S/C13H17N3O/c1-16(2)7-6-9-8-15-11-5-3-4-10(12(9)11)13(14)17/h3-5,8,15H,6-7H2,1-2H3,(H2,14,17). The summed E-state index contributed by atoms with van der Waals surface area (Å²) in [5, 5.41) is 0.960. The molecule has 90 valence electrons. The zero-order valence-corrected chi connectivity index (χ0v) is 10.2. The highest BCUT2D eigenvalue weighted by Gasteiger charge is 2.11. The van der Waals surface area contributed by atoms with Gasteiger partial charge in [-0.3, -0.25) is 4.79 Å². The van der Waals surface area contributed by atoms with E-state index in [9.17, 15) is 4.79 Å². The number of amides is 1. The van der Waals surface area contributed by atoms with Crippen LogP contribution in [0.3, 0.4) is 0 Å². The van der Waals surface area contributed by atoms with Crippen LogP contribution in [0, 0.1) is 0 Å². The van der Waals surface area contributed by atoms with Crippen molar-refractivity contribution in [2.24, 2.45) is 5.73 Å². The summed E-state index contributed by atoms with van der Waals surface area (Å²) in [6.45, 7) is 0.944. The van der Waals surface area contributed by atoms with Gasteiger partial charge in [-0.15, -0.1) is 0 Å². The van der Waals surface area contributed by atoms with Crippen molar-refractivity contribution >= 4 is 16.8 Å². The number of nitrogens with two attached hydrogens (primary N) is 1. The van der Waals surface area contributed by atoms with Crippen LogP contribution in [0.2, 0.25) is 0 Å². The molecule has 17 heavy (non-hydrogen) atoms. The van der Waals surface area contributed by atoms with Gasteiger partial charge in [-0.1, -0.05) is 6.07 Å². The van der Waals surface area contributed by atoms with Gasteiger partial charge in [0.05, 0.1) is 0 Å². The van der Waals surface area contributed by atoms with Crippen LogP contribution in [-0.2, 0) is 6.42 Å². The summed E-state index contributed by atoms with van der Waals surface area (Å²) in [6.07, 6.45) is 2.86. The number of benzene rings is 1. The minimum Gasteiger partial charge on any atom is -0.366 e. The number of nitrogens with zero attached hydrogens (tertiary/aromatic N) is 1. The summed E-state index contributed by atoms with van der Waals surface area (Å²) in [5.74, 6) is -0.374. The third-order valence-corrected chi connectivity index (χ3v) is 2.88. The van der Waals surface area contributed by atoms with Crippen molar-refractivity contribution in [3.8, 4) is 0 Å². The third-order valence-electron chi connectivity index (χ3n) is 2.88. The van der Waals surface area contributed by atoms with Crippen LogP contribution in [-0.4, -0.2) is 36.4 Å². The van der Waals surface area contributed by atoms with E-state index in [4.69, 9.17) is 5.73 Å². The molecule has 0 unspecified atom stereocenters. The minimum absolute atomic E-state index is 0.374. The lowest BCUT2D eigenvalue weighted by molar-refractivity contribution is 0.100. The quantitative estimate of drug-likeness (QED) is 0.834. The number of carbonyl (C=O) groups excluding carboxylic acids is 1. The molecule has 0 aliphatic heterocycles. The Hall–Kier alpha value is -1.81. The van der Waals surface area contributed by atoms with Gasteiger partial charge in [-0.05, 0) is 38.2 Å². The molecule has 0 saturated carbocycles. The van der Waals surface area contributed by atoms with Gasteiger partial charge in [0, 0.05) is 29.2 Å². The molecule has 2 rings (SSSR count). The van der Waals surface area contributed by atoms with Crippen molar-refractivity contribution in [3.05, 3.63) is 35.5 Å². The van der Waals surface area contributed by atoms with Crippen LogP contribution in [0.25, 0.3) is 10.9 Å². The topological polar surface area (TPSA) is 62.1 Å². The highest BCUT2D eigenvalue weighted by molar-refractivity contribution is 6.06. The first-order chi connectivity index (χ1) is 8.09. The van der Waals surface area contributed by atoms with E-state index in [2.05, 4.69) is 9.88 Å². The maximum Gasteiger partial charge on any atom is 0.249 e. The number of primary amides is 1. The second-order valence-electron chi connectivity index (χ2n) is 4.46. The lowest BCUT2D eigenvalue weighted by Gasteiger charge is -2.09. The minimum atomic E-state index is -0.374. The van der Waals surface area contributed by atoms with Gasteiger partial charge in [0.15, 0.2) is 0 Å². The molecular formula is C13H17N3O. The van der Waals surface area contributed by atoms with E-state index >= 15 is 0 Å². The number of hydrogen-bond donors (Lipinski definition) is 2. The summed E-state index contributed by atoms with van der Waals surface area (Å²) in [4.78, 5) is 16.7. The molecular weight excluding hydrogens is 214 g/mol. The van der Waals surface area contributed by atoms with E-state index in [-0.39, 0.29) is 5.91 Å². The van der Waals surface area contributed by atoms with Crippen molar-refractivity contribution in [2.75, 3.05) is 20.6 Å². The average molecular weight is 231 g/mol. The smallest absolute Gasteiger partial charge is 0.249 e. The van der Waals surface area contributed by atoms with E-state index < -0.39 is 0 Å². The summed E-state index contributed by atoms with van der Waals surface area (Å²) in [7, 11) is 4.06. The van der Waals surface area contributed by atoms with Crippen molar-refractivity contribution < 1.29 is 4.79 Å². The van der Waals surface area contributed by atoms with Gasteiger partial charge >= 0.3 is 0 Å². The number of carbonyl (C=O) groups is 1. The van der Waals surface area contributed by atoms with Crippen LogP contribution >= 0.6 is 0 Å². The van der Waals surface area contributed by atoms with Gasteiger partial charge in [0.25, 0.3) is 0 Å². The molecule has 2 aromatic rings. The predicted octanol–water partition coefficient (Wildman–Crippen LogP) is 1.37. The Morgan fingerprint density at radius 1 is 1.41 bits per heavy atom. The molecule has 0 spiro atoms. The Morgan fingerprint density at radius 3 is 2.82 bits per heavy atom. The fourth-order valence-corrected chi connectivity index (χ4v) is 2.00. The molecule has 0 aliphatic carbocycles. The molecule has 0 aliphatic rings. The van der Waals surface area contributed by atoms with Crippen molar-refractivity contribution in [3.63, 3.8) is 0 Å². The molecule has 1 heterocycles. The summed E-state index contributed by atoms with van der Waals surface area (Å²) >= 11 is 0. The number of aromatic amines is 1. The third kappa shape index (κ3) is 2.31. The van der Waals surface area contributed by atoms with E-state index in [1.165, 1.54) is 0 Å². The molecule has 0 atom stereocenters. The van der Waals surface area contributed by atoms with Crippen LogP contribution in [0.15, 0.2) is 24.4 Å².